The first-order valence-electron chi connectivity index (χ1n) is 7.76. The van der Waals surface area contributed by atoms with Crippen molar-refractivity contribution in [3.63, 3.8) is 0 Å². The van der Waals surface area contributed by atoms with Crippen molar-refractivity contribution in [3.05, 3.63) is 36.0 Å². The predicted molar refractivity (Wildman–Crippen MR) is 87.4 cm³/mol. The van der Waals surface area contributed by atoms with Gasteiger partial charge in [-0.15, -0.1) is 0 Å². The van der Waals surface area contributed by atoms with Gasteiger partial charge in [0.05, 0.1) is 12.2 Å². The summed E-state index contributed by atoms with van der Waals surface area (Å²) in [5, 5.41) is 9.49. The van der Waals surface area contributed by atoms with Gasteiger partial charge in [0.25, 0.3) is 0 Å². The van der Waals surface area contributed by atoms with E-state index in [1.165, 1.54) is 6.08 Å². The maximum atomic E-state index is 11.2. The monoisotopic (exact) mass is 308 g/mol. The summed E-state index contributed by atoms with van der Waals surface area (Å²) < 4.78 is 10.7. The highest BCUT2D eigenvalue weighted by molar-refractivity contribution is 5.85. The number of methoxy groups -OCH3 is 1. The Morgan fingerprint density at radius 3 is 2.68 bits per heavy atom. The molecule has 22 heavy (non-hydrogen) atoms. The zero-order valence-corrected chi connectivity index (χ0v) is 14.2. The van der Waals surface area contributed by atoms with Gasteiger partial charge in [0.1, 0.15) is 5.60 Å². The van der Waals surface area contributed by atoms with E-state index in [4.69, 9.17) is 9.47 Å². The van der Waals surface area contributed by atoms with Crippen LogP contribution < -0.4 is 0 Å². The van der Waals surface area contributed by atoms with Gasteiger partial charge in [-0.1, -0.05) is 19.1 Å². The Labute approximate surface area is 133 Å². The van der Waals surface area contributed by atoms with Gasteiger partial charge >= 0.3 is 5.97 Å². The number of hydrogen-bond acceptors (Lipinski definition) is 4. The van der Waals surface area contributed by atoms with E-state index in [9.17, 15) is 9.90 Å². The van der Waals surface area contributed by atoms with Gasteiger partial charge in [0, 0.05) is 13.2 Å². The summed E-state index contributed by atoms with van der Waals surface area (Å²) in [6, 6.07) is 0. The minimum atomic E-state index is -0.686. The lowest BCUT2D eigenvalue weighted by Crippen LogP contribution is -2.21. The number of hydrogen-bond donors (Lipinski definition) is 1. The minimum absolute atomic E-state index is 0.147. The van der Waals surface area contributed by atoms with Gasteiger partial charge < -0.3 is 14.6 Å². The number of aliphatic hydroxyl groups excluding tert-OH is 1. The van der Waals surface area contributed by atoms with Crippen LogP contribution in [0.15, 0.2) is 36.0 Å². The van der Waals surface area contributed by atoms with Crippen LogP contribution in [-0.2, 0) is 14.3 Å². The van der Waals surface area contributed by atoms with Gasteiger partial charge in [-0.2, -0.15) is 0 Å². The molecule has 0 bridgehead atoms. The van der Waals surface area contributed by atoms with Crippen LogP contribution in [0.25, 0.3) is 0 Å². The highest BCUT2D eigenvalue weighted by Crippen LogP contribution is 2.22. The van der Waals surface area contributed by atoms with Crippen molar-refractivity contribution < 1.29 is 19.4 Å². The van der Waals surface area contributed by atoms with Crippen LogP contribution >= 0.6 is 0 Å². The quantitative estimate of drug-likeness (QED) is 0.553. The molecule has 0 saturated heterocycles. The number of carbonyl (C=O) groups is 1. The molecule has 0 fully saturated rings. The van der Waals surface area contributed by atoms with E-state index in [-0.39, 0.29) is 24.1 Å². The van der Waals surface area contributed by atoms with E-state index in [2.05, 4.69) is 6.08 Å². The van der Waals surface area contributed by atoms with Gasteiger partial charge in [-0.25, -0.2) is 4.79 Å². The van der Waals surface area contributed by atoms with E-state index in [1.807, 2.05) is 39.8 Å². The zero-order valence-electron chi connectivity index (χ0n) is 14.2. The SMILES string of the molecule is CO[C@H](/C=C/[C@]1(C)C=CC(=O)O1)/C(C)=C/CC[C@@H](C)[C@H](C)O. The summed E-state index contributed by atoms with van der Waals surface area (Å²) in [5.74, 6) is -0.0389. The lowest BCUT2D eigenvalue weighted by Gasteiger charge is -2.19. The molecule has 0 aromatic rings. The largest absolute Gasteiger partial charge is 0.448 e. The number of ether oxygens (including phenoxy) is 2. The Balaban J connectivity index is 2.59. The summed E-state index contributed by atoms with van der Waals surface area (Å²) in [6.07, 6.45) is 10.5. The average molecular weight is 308 g/mol. The van der Waals surface area contributed by atoms with E-state index in [0.29, 0.717) is 0 Å². The van der Waals surface area contributed by atoms with Crippen LogP contribution in [-0.4, -0.2) is 36.0 Å². The van der Waals surface area contributed by atoms with Crippen LogP contribution in [0, 0.1) is 5.92 Å². The molecule has 0 saturated carbocycles. The molecule has 1 aliphatic heterocycles. The fraction of sp³-hybridized carbons (Fsp3) is 0.611. The van der Waals surface area contributed by atoms with Crippen LogP contribution in [0.5, 0.6) is 0 Å². The predicted octanol–water partition coefficient (Wildman–Crippen LogP) is 3.17. The third kappa shape index (κ3) is 5.78. The molecule has 4 nitrogen and oxygen atoms in total. The molecule has 0 amide bonds. The minimum Gasteiger partial charge on any atom is -0.448 e. The van der Waals surface area contributed by atoms with E-state index in [1.54, 1.807) is 13.2 Å². The van der Waals surface area contributed by atoms with Crippen LogP contribution in [0.2, 0.25) is 0 Å². The van der Waals surface area contributed by atoms with Crippen molar-refractivity contribution >= 4 is 5.97 Å². The molecule has 4 heteroatoms. The first-order valence-corrected chi connectivity index (χ1v) is 7.76. The summed E-state index contributed by atoms with van der Waals surface area (Å²) in [6.45, 7) is 7.72. The number of rotatable bonds is 8. The molecule has 1 rings (SSSR count). The molecular formula is C18H28O4. The molecule has 1 N–H and O–H groups in total. The fourth-order valence-electron chi connectivity index (χ4n) is 2.23. The van der Waals surface area contributed by atoms with Gasteiger partial charge in [0.15, 0.2) is 0 Å². The molecule has 0 aromatic heterocycles. The third-order valence-corrected chi connectivity index (χ3v) is 4.09. The van der Waals surface area contributed by atoms with Gasteiger partial charge in [0.2, 0.25) is 0 Å². The van der Waals surface area contributed by atoms with Crippen molar-refractivity contribution in [1.82, 2.24) is 0 Å². The molecule has 0 unspecified atom stereocenters. The van der Waals surface area contributed by atoms with Gasteiger partial charge in [-0.05, 0) is 57.3 Å². The average Bonchev–Trinajstić information content (AvgIpc) is 2.79. The number of esters is 1. The molecule has 1 aliphatic rings. The molecule has 124 valence electrons. The number of aliphatic hydroxyl groups is 1. The fourth-order valence-corrected chi connectivity index (χ4v) is 2.23. The number of carbonyl (C=O) groups excluding carboxylic acids is 1. The van der Waals surface area contributed by atoms with Crippen LogP contribution in [0.4, 0.5) is 0 Å². The lowest BCUT2D eigenvalue weighted by atomic mass is 9.98. The second-order valence-electron chi connectivity index (χ2n) is 6.20. The summed E-state index contributed by atoms with van der Waals surface area (Å²) in [4.78, 5) is 11.2. The summed E-state index contributed by atoms with van der Waals surface area (Å²) in [7, 11) is 1.66. The second kappa shape index (κ2) is 8.30. The van der Waals surface area contributed by atoms with Crippen molar-refractivity contribution in [1.29, 1.82) is 0 Å². The highest BCUT2D eigenvalue weighted by Gasteiger charge is 2.27. The zero-order chi connectivity index (χ0) is 16.8. The molecule has 4 atom stereocenters. The van der Waals surface area contributed by atoms with Crippen LogP contribution in [0.3, 0.4) is 0 Å². The summed E-state index contributed by atoms with van der Waals surface area (Å²) in [5.41, 5.74) is 0.420. The van der Waals surface area contributed by atoms with Crippen molar-refractivity contribution in [3.8, 4) is 0 Å². The van der Waals surface area contributed by atoms with Crippen LogP contribution in [0.1, 0.15) is 40.5 Å². The topological polar surface area (TPSA) is 55.8 Å². The highest BCUT2D eigenvalue weighted by atomic mass is 16.6. The van der Waals surface area contributed by atoms with Gasteiger partial charge in [-0.3, -0.25) is 0 Å². The van der Waals surface area contributed by atoms with E-state index < -0.39 is 5.60 Å². The molecule has 0 radical (unpaired) electrons. The number of cyclic esters (lactones) is 1. The molecular weight excluding hydrogens is 280 g/mol. The molecule has 0 spiro atoms. The van der Waals surface area contributed by atoms with Crippen molar-refractivity contribution in [2.45, 2.75) is 58.3 Å². The Morgan fingerprint density at radius 2 is 2.18 bits per heavy atom. The van der Waals surface area contributed by atoms with E-state index >= 15 is 0 Å². The van der Waals surface area contributed by atoms with Crippen molar-refractivity contribution in [2.24, 2.45) is 5.92 Å². The standard InChI is InChI=1S/C18H28O4/c1-13(15(3)19)7-6-8-14(2)16(21-5)9-11-18(4)12-10-17(20)22-18/h8-13,15-16,19H,6-7H2,1-5H3/b11-9+,14-8+/t13-,15+,16-,18-/m1/s1. The second-order valence-corrected chi connectivity index (χ2v) is 6.20. The maximum absolute atomic E-state index is 11.2. The lowest BCUT2D eigenvalue weighted by molar-refractivity contribution is -0.141. The Bertz CT molecular complexity index is 462. The van der Waals surface area contributed by atoms with E-state index in [0.717, 1.165) is 18.4 Å². The Hall–Kier alpha value is -1.39. The first kappa shape index (κ1) is 18.7. The molecule has 1 heterocycles. The normalized spacial score (nSPS) is 26.3. The number of allylic oxidation sites excluding steroid dienone is 1. The third-order valence-electron chi connectivity index (χ3n) is 4.09. The maximum Gasteiger partial charge on any atom is 0.331 e. The smallest absolute Gasteiger partial charge is 0.331 e. The molecule has 0 aromatic carbocycles. The Morgan fingerprint density at radius 1 is 1.50 bits per heavy atom. The molecule has 0 aliphatic carbocycles. The summed E-state index contributed by atoms with van der Waals surface area (Å²) >= 11 is 0. The first-order chi connectivity index (χ1) is 10.3. The van der Waals surface area contributed by atoms with Crippen molar-refractivity contribution in [2.75, 3.05) is 7.11 Å². The Kier molecular flexibility index (Phi) is 7.04.